The topological polar surface area (TPSA) is 70.5 Å². The number of rotatable bonds is 5. The number of nitrogens with zero attached hydrogens (tertiary/aromatic N) is 7. The molecule has 28 heavy (non-hydrogen) atoms. The van der Waals surface area contributed by atoms with Crippen molar-refractivity contribution in [3.63, 3.8) is 0 Å². The SMILES string of the molecule is CC(C)c1nsc(N2CCCC(N(C)c3ccnc(N4CCOCC4)n3)C2)n1. The van der Waals surface area contributed by atoms with Crippen LogP contribution in [-0.2, 0) is 4.74 Å². The van der Waals surface area contributed by atoms with E-state index in [0.717, 1.165) is 75.0 Å². The lowest BCUT2D eigenvalue weighted by Gasteiger charge is -2.38. The van der Waals surface area contributed by atoms with Gasteiger partial charge in [-0.1, -0.05) is 13.8 Å². The van der Waals surface area contributed by atoms with Crippen molar-refractivity contribution in [3.8, 4) is 0 Å². The van der Waals surface area contributed by atoms with E-state index in [4.69, 9.17) is 14.7 Å². The zero-order valence-corrected chi connectivity index (χ0v) is 17.7. The Balaban J connectivity index is 1.45. The van der Waals surface area contributed by atoms with E-state index in [9.17, 15) is 0 Å². The molecule has 0 aromatic carbocycles. The molecule has 0 bridgehead atoms. The van der Waals surface area contributed by atoms with Crippen molar-refractivity contribution in [1.29, 1.82) is 0 Å². The summed E-state index contributed by atoms with van der Waals surface area (Å²) >= 11 is 1.52. The third-order valence-corrected chi connectivity index (χ3v) is 6.24. The Morgan fingerprint density at radius 1 is 1.18 bits per heavy atom. The maximum Gasteiger partial charge on any atom is 0.227 e. The van der Waals surface area contributed by atoms with Crippen LogP contribution in [0, 0.1) is 0 Å². The molecule has 2 aliphatic heterocycles. The first-order valence-electron chi connectivity index (χ1n) is 10.1. The first kappa shape index (κ1) is 19.3. The second kappa shape index (κ2) is 8.57. The third-order valence-electron chi connectivity index (χ3n) is 5.45. The van der Waals surface area contributed by atoms with Crippen LogP contribution in [0.4, 0.5) is 16.9 Å². The summed E-state index contributed by atoms with van der Waals surface area (Å²) in [7, 11) is 2.14. The highest BCUT2D eigenvalue weighted by Gasteiger charge is 2.27. The minimum atomic E-state index is 0.368. The van der Waals surface area contributed by atoms with Gasteiger partial charge in [0.1, 0.15) is 11.6 Å². The first-order valence-corrected chi connectivity index (χ1v) is 10.9. The van der Waals surface area contributed by atoms with Gasteiger partial charge in [-0.3, -0.25) is 0 Å². The molecule has 9 heteroatoms. The van der Waals surface area contributed by atoms with Gasteiger partial charge >= 0.3 is 0 Å². The molecule has 1 unspecified atom stereocenters. The van der Waals surface area contributed by atoms with Crippen LogP contribution in [0.1, 0.15) is 38.4 Å². The normalized spacial score (nSPS) is 20.6. The Labute approximate surface area is 170 Å². The van der Waals surface area contributed by atoms with Gasteiger partial charge < -0.3 is 19.4 Å². The summed E-state index contributed by atoms with van der Waals surface area (Å²) in [4.78, 5) is 20.9. The Morgan fingerprint density at radius 2 is 2.00 bits per heavy atom. The average molecular weight is 404 g/mol. The predicted octanol–water partition coefficient (Wildman–Crippen LogP) is 2.39. The minimum Gasteiger partial charge on any atom is -0.378 e. The maximum atomic E-state index is 5.44. The molecule has 0 radical (unpaired) electrons. The standard InChI is InChI=1S/C19H29N7OS/c1-14(2)17-22-19(28-23-17)26-8-4-5-15(13-26)24(3)16-6-7-20-18(21-16)25-9-11-27-12-10-25/h6-7,14-15H,4-5,8-13H2,1-3H3. The molecule has 4 rings (SSSR count). The van der Waals surface area contributed by atoms with Crippen LogP contribution < -0.4 is 14.7 Å². The highest BCUT2D eigenvalue weighted by molar-refractivity contribution is 7.09. The van der Waals surface area contributed by atoms with Crippen molar-refractivity contribution in [2.75, 3.05) is 61.1 Å². The molecular formula is C19H29N7OS. The van der Waals surface area contributed by atoms with E-state index in [-0.39, 0.29) is 0 Å². The smallest absolute Gasteiger partial charge is 0.227 e. The number of ether oxygens (including phenoxy) is 1. The van der Waals surface area contributed by atoms with Gasteiger partial charge in [0.05, 0.1) is 13.2 Å². The lowest BCUT2D eigenvalue weighted by atomic mass is 10.1. The van der Waals surface area contributed by atoms with Crippen molar-refractivity contribution < 1.29 is 4.74 Å². The van der Waals surface area contributed by atoms with Gasteiger partial charge in [0.2, 0.25) is 11.1 Å². The molecular weight excluding hydrogens is 374 g/mol. The summed E-state index contributed by atoms with van der Waals surface area (Å²) < 4.78 is 9.96. The van der Waals surface area contributed by atoms with Crippen LogP contribution in [0.2, 0.25) is 0 Å². The first-order chi connectivity index (χ1) is 13.6. The van der Waals surface area contributed by atoms with Crippen molar-refractivity contribution in [3.05, 3.63) is 18.1 Å². The quantitative estimate of drug-likeness (QED) is 0.754. The van der Waals surface area contributed by atoms with Crippen LogP contribution in [0.25, 0.3) is 0 Å². The zero-order valence-electron chi connectivity index (χ0n) is 16.9. The molecule has 0 aliphatic carbocycles. The average Bonchev–Trinajstić information content (AvgIpc) is 3.25. The number of hydrogen-bond acceptors (Lipinski definition) is 9. The minimum absolute atomic E-state index is 0.368. The summed E-state index contributed by atoms with van der Waals surface area (Å²) in [6.07, 6.45) is 4.16. The Morgan fingerprint density at radius 3 is 2.75 bits per heavy atom. The molecule has 2 saturated heterocycles. The highest BCUT2D eigenvalue weighted by Crippen LogP contribution is 2.27. The van der Waals surface area contributed by atoms with Gasteiger partial charge in [-0.2, -0.15) is 9.36 Å². The van der Waals surface area contributed by atoms with Gasteiger partial charge in [0.25, 0.3) is 0 Å². The number of piperidine rings is 1. The summed E-state index contributed by atoms with van der Waals surface area (Å²) in [5, 5.41) is 1.04. The van der Waals surface area contributed by atoms with Crippen LogP contribution in [0.15, 0.2) is 12.3 Å². The Hall–Kier alpha value is -2.00. The molecule has 0 saturated carbocycles. The van der Waals surface area contributed by atoms with Crippen molar-refractivity contribution in [2.45, 2.75) is 38.6 Å². The van der Waals surface area contributed by atoms with Gasteiger partial charge in [0, 0.05) is 62.9 Å². The lowest BCUT2D eigenvalue weighted by molar-refractivity contribution is 0.122. The second-order valence-corrected chi connectivity index (χ2v) is 8.49. The van der Waals surface area contributed by atoms with E-state index in [1.165, 1.54) is 11.5 Å². The number of hydrogen-bond donors (Lipinski definition) is 0. The van der Waals surface area contributed by atoms with E-state index in [1.54, 1.807) is 0 Å². The third kappa shape index (κ3) is 4.20. The van der Waals surface area contributed by atoms with Crippen LogP contribution >= 0.6 is 11.5 Å². The molecule has 2 aromatic rings. The molecule has 0 N–H and O–H groups in total. The van der Waals surface area contributed by atoms with E-state index in [0.29, 0.717) is 12.0 Å². The van der Waals surface area contributed by atoms with E-state index >= 15 is 0 Å². The fourth-order valence-electron chi connectivity index (χ4n) is 3.67. The summed E-state index contributed by atoms with van der Waals surface area (Å²) in [5.74, 6) is 3.09. The van der Waals surface area contributed by atoms with E-state index in [2.05, 4.69) is 45.0 Å². The Bertz CT molecular complexity index is 777. The molecule has 2 aromatic heterocycles. The molecule has 0 amide bonds. The van der Waals surface area contributed by atoms with Crippen LogP contribution in [0.3, 0.4) is 0 Å². The lowest BCUT2D eigenvalue weighted by Crippen LogP contribution is -2.47. The van der Waals surface area contributed by atoms with E-state index < -0.39 is 0 Å². The van der Waals surface area contributed by atoms with Crippen molar-refractivity contribution in [1.82, 2.24) is 19.3 Å². The van der Waals surface area contributed by atoms with Gasteiger partial charge in [-0.15, -0.1) is 0 Å². The van der Waals surface area contributed by atoms with Crippen LogP contribution in [0.5, 0.6) is 0 Å². The highest BCUT2D eigenvalue weighted by atomic mass is 32.1. The molecule has 8 nitrogen and oxygen atoms in total. The largest absolute Gasteiger partial charge is 0.378 e. The predicted molar refractivity (Wildman–Crippen MR) is 113 cm³/mol. The summed E-state index contributed by atoms with van der Waals surface area (Å²) in [6.45, 7) is 9.43. The zero-order chi connectivity index (χ0) is 19.5. The number of morpholine rings is 1. The second-order valence-electron chi connectivity index (χ2n) is 7.76. The fraction of sp³-hybridized carbons (Fsp3) is 0.684. The fourth-order valence-corrected chi connectivity index (χ4v) is 4.51. The van der Waals surface area contributed by atoms with Crippen LogP contribution in [-0.4, -0.2) is 71.8 Å². The molecule has 1 atom stereocenters. The molecule has 152 valence electrons. The molecule has 4 heterocycles. The Kier molecular flexibility index (Phi) is 5.91. The van der Waals surface area contributed by atoms with Gasteiger partial charge in [-0.05, 0) is 18.9 Å². The van der Waals surface area contributed by atoms with Crippen molar-refractivity contribution >= 4 is 28.4 Å². The number of anilines is 3. The molecule has 2 aliphatic rings. The summed E-state index contributed by atoms with van der Waals surface area (Å²) in [6, 6.07) is 2.40. The van der Waals surface area contributed by atoms with Gasteiger partial charge in [-0.25, -0.2) is 9.97 Å². The molecule has 0 spiro atoms. The van der Waals surface area contributed by atoms with E-state index in [1.807, 2.05) is 12.3 Å². The number of likely N-dealkylation sites (N-methyl/N-ethyl adjacent to an activating group) is 1. The maximum absolute atomic E-state index is 5.44. The molecule has 2 fully saturated rings. The number of aromatic nitrogens is 4. The van der Waals surface area contributed by atoms with Crippen molar-refractivity contribution in [2.24, 2.45) is 0 Å². The van der Waals surface area contributed by atoms with Gasteiger partial charge in [0.15, 0.2) is 0 Å². The summed E-state index contributed by atoms with van der Waals surface area (Å²) in [5.41, 5.74) is 0. The monoisotopic (exact) mass is 403 g/mol.